The normalized spacial score (nSPS) is 20.3. The average Bonchev–Trinajstić information content (AvgIpc) is 2.87. The maximum absolute atomic E-state index is 13.9. The first-order valence-electron chi connectivity index (χ1n) is 14.0. The van der Waals surface area contributed by atoms with Gasteiger partial charge in [-0.2, -0.15) is 0 Å². The molecule has 8 heteroatoms. The number of halogens is 3. The van der Waals surface area contributed by atoms with Crippen LogP contribution in [-0.2, 0) is 16.2 Å². The van der Waals surface area contributed by atoms with Crippen molar-refractivity contribution in [1.29, 1.82) is 0 Å². The second-order valence-electron chi connectivity index (χ2n) is 12.9. The lowest BCUT2D eigenvalue weighted by molar-refractivity contribution is -0.119. The summed E-state index contributed by atoms with van der Waals surface area (Å²) < 4.78 is 11.9. The molecule has 1 aliphatic heterocycles. The van der Waals surface area contributed by atoms with E-state index in [0.717, 1.165) is 35.4 Å². The van der Waals surface area contributed by atoms with E-state index in [1.54, 1.807) is 19.2 Å². The lowest BCUT2D eigenvalue weighted by Gasteiger charge is -2.49. The number of ether oxygens (including phenoxy) is 2. The summed E-state index contributed by atoms with van der Waals surface area (Å²) in [5.41, 5.74) is 4.71. The maximum atomic E-state index is 13.9. The van der Waals surface area contributed by atoms with Crippen LogP contribution in [0.25, 0.3) is 0 Å². The Morgan fingerprint density at radius 1 is 0.829 bits per heavy atom. The fraction of sp³-hybridized carbons (Fsp3) is 0.455. The number of ketones is 2. The molecule has 2 aliphatic carbocycles. The van der Waals surface area contributed by atoms with Crippen molar-refractivity contribution >= 4 is 46.4 Å². The fourth-order valence-electron chi connectivity index (χ4n) is 6.59. The number of methoxy groups -OCH3 is 1. The highest BCUT2D eigenvalue weighted by molar-refractivity contribution is 6.42. The average molecular weight is 617 g/mol. The highest BCUT2D eigenvalue weighted by Crippen LogP contribution is 2.55. The molecule has 41 heavy (non-hydrogen) atoms. The highest BCUT2D eigenvalue weighted by atomic mass is 35.5. The summed E-state index contributed by atoms with van der Waals surface area (Å²) in [5, 5.41) is 1.25. The molecule has 0 unspecified atom stereocenters. The van der Waals surface area contributed by atoms with Gasteiger partial charge in [-0.25, -0.2) is 0 Å². The molecule has 2 aromatic carbocycles. The van der Waals surface area contributed by atoms with Crippen LogP contribution in [0.1, 0.15) is 77.3 Å². The van der Waals surface area contributed by atoms with E-state index in [1.807, 2.05) is 18.2 Å². The van der Waals surface area contributed by atoms with Gasteiger partial charge < -0.3 is 14.4 Å². The molecule has 0 amide bonds. The molecule has 0 aromatic heterocycles. The van der Waals surface area contributed by atoms with Gasteiger partial charge in [-0.1, -0.05) is 68.6 Å². The van der Waals surface area contributed by atoms with Crippen molar-refractivity contribution in [3.63, 3.8) is 0 Å². The number of benzene rings is 2. The SMILES string of the molecule is CCN1C2=C(C(=O)CC(C)(C)C2)C(c2cc(Cl)c(OCc3ccc(Cl)c(Cl)c3)c(OC)c2)C2=C1CC(C)(C)CC2=O. The van der Waals surface area contributed by atoms with Gasteiger partial charge in [0, 0.05) is 47.8 Å². The van der Waals surface area contributed by atoms with Gasteiger partial charge in [-0.3, -0.25) is 9.59 Å². The third-order valence-corrected chi connectivity index (χ3v) is 9.31. The van der Waals surface area contributed by atoms with Crippen LogP contribution in [0.4, 0.5) is 0 Å². The Bertz CT molecular complexity index is 1450. The predicted octanol–water partition coefficient (Wildman–Crippen LogP) is 8.94. The van der Waals surface area contributed by atoms with Crippen LogP contribution in [-0.4, -0.2) is 30.1 Å². The number of carbonyl (C=O) groups is 2. The lowest BCUT2D eigenvalue weighted by atomic mass is 9.63. The number of hydrogen-bond donors (Lipinski definition) is 0. The first kappa shape index (κ1) is 30.0. The molecule has 5 rings (SSSR count). The van der Waals surface area contributed by atoms with Crippen LogP contribution in [0.3, 0.4) is 0 Å². The summed E-state index contributed by atoms with van der Waals surface area (Å²) in [7, 11) is 1.55. The predicted molar refractivity (Wildman–Crippen MR) is 164 cm³/mol. The van der Waals surface area contributed by atoms with Crippen molar-refractivity contribution < 1.29 is 19.1 Å². The minimum atomic E-state index is -0.509. The Balaban J connectivity index is 1.63. The van der Waals surface area contributed by atoms with Gasteiger partial charge in [-0.05, 0) is 66.0 Å². The van der Waals surface area contributed by atoms with E-state index >= 15 is 0 Å². The van der Waals surface area contributed by atoms with Gasteiger partial charge in [0.05, 0.1) is 22.2 Å². The molecule has 0 saturated heterocycles. The van der Waals surface area contributed by atoms with Crippen molar-refractivity contribution in [2.45, 2.75) is 72.8 Å². The van der Waals surface area contributed by atoms with Gasteiger partial charge >= 0.3 is 0 Å². The molecule has 0 atom stereocenters. The molecule has 218 valence electrons. The monoisotopic (exact) mass is 615 g/mol. The Hall–Kier alpha value is -2.47. The van der Waals surface area contributed by atoms with E-state index in [1.165, 1.54) is 0 Å². The van der Waals surface area contributed by atoms with Crippen molar-refractivity contribution in [3.05, 3.63) is 79.1 Å². The van der Waals surface area contributed by atoms with Crippen LogP contribution in [0.15, 0.2) is 52.9 Å². The number of Topliss-reactive ketones (excluding diaryl/α,β-unsaturated/α-hetero) is 2. The van der Waals surface area contributed by atoms with Crippen molar-refractivity contribution in [2.75, 3.05) is 13.7 Å². The Kier molecular flexibility index (Phi) is 8.04. The largest absolute Gasteiger partial charge is 0.493 e. The Morgan fingerprint density at radius 3 is 1.93 bits per heavy atom. The summed E-state index contributed by atoms with van der Waals surface area (Å²) in [6.07, 6.45) is 2.38. The summed E-state index contributed by atoms with van der Waals surface area (Å²) in [6.45, 7) is 11.5. The van der Waals surface area contributed by atoms with E-state index in [2.05, 4.69) is 39.5 Å². The zero-order valence-electron chi connectivity index (χ0n) is 24.4. The van der Waals surface area contributed by atoms with Crippen LogP contribution in [0.2, 0.25) is 15.1 Å². The molecular formula is C33H36Cl3NO4. The van der Waals surface area contributed by atoms with Gasteiger partial charge in [0.1, 0.15) is 6.61 Å². The zero-order chi connectivity index (χ0) is 29.9. The molecule has 0 saturated carbocycles. The molecule has 3 aliphatic rings. The minimum Gasteiger partial charge on any atom is -0.493 e. The quantitative estimate of drug-likeness (QED) is 0.324. The van der Waals surface area contributed by atoms with E-state index in [0.29, 0.717) is 57.1 Å². The highest BCUT2D eigenvalue weighted by Gasteiger charge is 2.48. The van der Waals surface area contributed by atoms with E-state index in [-0.39, 0.29) is 29.0 Å². The van der Waals surface area contributed by atoms with Crippen molar-refractivity contribution in [1.82, 2.24) is 4.90 Å². The van der Waals surface area contributed by atoms with Gasteiger partial charge in [-0.15, -0.1) is 0 Å². The number of rotatable bonds is 6. The Labute approximate surface area is 257 Å². The van der Waals surface area contributed by atoms with E-state index < -0.39 is 5.92 Å². The van der Waals surface area contributed by atoms with Crippen LogP contribution < -0.4 is 9.47 Å². The number of carbonyl (C=O) groups excluding carboxylic acids is 2. The Morgan fingerprint density at radius 2 is 1.41 bits per heavy atom. The molecule has 0 spiro atoms. The molecule has 2 aromatic rings. The van der Waals surface area contributed by atoms with Crippen molar-refractivity contribution in [2.24, 2.45) is 10.8 Å². The number of allylic oxidation sites excluding steroid dienone is 4. The topological polar surface area (TPSA) is 55.8 Å². The third-order valence-electron chi connectivity index (χ3n) is 8.29. The summed E-state index contributed by atoms with van der Waals surface area (Å²) in [6, 6.07) is 8.97. The maximum Gasteiger partial charge on any atom is 0.180 e. The van der Waals surface area contributed by atoms with Crippen LogP contribution in [0, 0.1) is 10.8 Å². The number of hydrogen-bond acceptors (Lipinski definition) is 5. The van der Waals surface area contributed by atoms with Crippen molar-refractivity contribution in [3.8, 4) is 11.5 Å². The van der Waals surface area contributed by atoms with Crippen LogP contribution >= 0.6 is 34.8 Å². The molecule has 0 radical (unpaired) electrons. The second kappa shape index (κ2) is 11.0. The summed E-state index contributed by atoms with van der Waals surface area (Å²) in [4.78, 5) is 30.0. The summed E-state index contributed by atoms with van der Waals surface area (Å²) >= 11 is 19.1. The van der Waals surface area contributed by atoms with E-state index in [4.69, 9.17) is 44.3 Å². The zero-order valence-corrected chi connectivity index (χ0v) is 26.7. The standard InChI is InChI=1S/C33H36Cl3NO4/c1-7-37-23-13-32(2,3)15-25(38)29(23)28(30-24(37)14-33(4,5)16-26(30)39)19-11-22(36)31(27(12-19)40-6)41-17-18-8-9-20(34)21(35)10-18/h8-12,28H,7,13-17H2,1-6H3. The first-order valence-corrected chi connectivity index (χ1v) is 15.1. The molecule has 0 N–H and O–H groups in total. The fourth-order valence-corrected chi connectivity index (χ4v) is 7.19. The third kappa shape index (κ3) is 5.66. The molecule has 0 fully saturated rings. The molecule has 0 bridgehead atoms. The molecule has 1 heterocycles. The molecular weight excluding hydrogens is 581 g/mol. The second-order valence-corrected chi connectivity index (χ2v) is 14.1. The van der Waals surface area contributed by atoms with Crippen LogP contribution in [0.5, 0.6) is 11.5 Å². The van der Waals surface area contributed by atoms with E-state index in [9.17, 15) is 9.59 Å². The first-order chi connectivity index (χ1) is 19.2. The van der Waals surface area contributed by atoms with Gasteiger partial charge in [0.2, 0.25) is 0 Å². The smallest absolute Gasteiger partial charge is 0.180 e. The van der Waals surface area contributed by atoms with Gasteiger partial charge in [0.15, 0.2) is 23.1 Å². The summed E-state index contributed by atoms with van der Waals surface area (Å²) in [5.74, 6) is 0.468. The number of nitrogens with zero attached hydrogens (tertiary/aromatic N) is 1. The minimum absolute atomic E-state index is 0.0823. The molecule has 5 nitrogen and oxygen atoms in total. The van der Waals surface area contributed by atoms with Gasteiger partial charge in [0.25, 0.3) is 0 Å². The lowest BCUT2D eigenvalue weighted by Crippen LogP contribution is -2.44.